The zero-order valence-electron chi connectivity index (χ0n) is 15.8. The van der Waals surface area contributed by atoms with Gasteiger partial charge >= 0.3 is 0 Å². The number of aliphatic imine (C=N–C) groups is 1. The summed E-state index contributed by atoms with van der Waals surface area (Å²) >= 11 is 1.85. The Morgan fingerprint density at radius 3 is 2.81 bits per heavy atom. The molecule has 0 saturated carbocycles. The van der Waals surface area contributed by atoms with Gasteiger partial charge in [0.25, 0.3) is 0 Å². The second-order valence-electron chi connectivity index (χ2n) is 6.96. The Hall–Kier alpha value is -1.79. The van der Waals surface area contributed by atoms with E-state index >= 15 is 0 Å². The first-order chi connectivity index (χ1) is 12.8. The van der Waals surface area contributed by atoms with Gasteiger partial charge in [0, 0.05) is 31.4 Å². The predicted molar refractivity (Wildman–Crippen MR) is 109 cm³/mol. The van der Waals surface area contributed by atoms with Crippen molar-refractivity contribution >= 4 is 17.3 Å². The number of hydrogen-bond acceptors (Lipinski definition) is 4. The van der Waals surface area contributed by atoms with Crippen molar-refractivity contribution in [1.82, 2.24) is 15.5 Å². The van der Waals surface area contributed by atoms with Gasteiger partial charge in [-0.05, 0) is 55.4 Å². The summed E-state index contributed by atoms with van der Waals surface area (Å²) in [6.07, 6.45) is 5.15. The van der Waals surface area contributed by atoms with Crippen LogP contribution in [0.15, 0.2) is 45.3 Å². The van der Waals surface area contributed by atoms with Crippen molar-refractivity contribution in [2.45, 2.75) is 32.2 Å². The van der Waals surface area contributed by atoms with Gasteiger partial charge in [0.05, 0.1) is 12.3 Å². The molecule has 1 aliphatic rings. The van der Waals surface area contributed by atoms with E-state index in [0.717, 1.165) is 37.1 Å². The van der Waals surface area contributed by atoms with Crippen molar-refractivity contribution in [3.63, 3.8) is 0 Å². The molecule has 1 atom stereocenters. The lowest BCUT2D eigenvalue weighted by atomic mass is 9.97. The summed E-state index contributed by atoms with van der Waals surface area (Å²) in [5.41, 5.74) is 0. The summed E-state index contributed by atoms with van der Waals surface area (Å²) in [5, 5.41) is 9.07. The van der Waals surface area contributed by atoms with Crippen LogP contribution in [0.5, 0.6) is 0 Å². The first-order valence-electron chi connectivity index (χ1n) is 9.50. The fourth-order valence-electron chi connectivity index (χ4n) is 3.40. The Kier molecular flexibility index (Phi) is 7.14. The average molecular weight is 375 g/mol. The van der Waals surface area contributed by atoms with E-state index in [1.165, 1.54) is 30.8 Å². The third kappa shape index (κ3) is 5.35. The monoisotopic (exact) mass is 374 g/mol. The molecule has 0 spiro atoms. The lowest BCUT2D eigenvalue weighted by Gasteiger charge is -2.36. The first-order valence-corrected chi connectivity index (χ1v) is 10.4. The second kappa shape index (κ2) is 9.78. The molecular formula is C20H30N4OS. The molecule has 2 N–H and O–H groups in total. The number of rotatable bonds is 7. The van der Waals surface area contributed by atoms with E-state index in [1.807, 2.05) is 30.5 Å². The number of nitrogens with zero attached hydrogens (tertiary/aromatic N) is 2. The van der Waals surface area contributed by atoms with Crippen LogP contribution in [-0.4, -0.2) is 44.1 Å². The van der Waals surface area contributed by atoms with Gasteiger partial charge < -0.3 is 15.1 Å². The number of nitrogens with one attached hydrogen (secondary N) is 2. The summed E-state index contributed by atoms with van der Waals surface area (Å²) in [6, 6.07) is 8.74. The van der Waals surface area contributed by atoms with E-state index in [9.17, 15) is 0 Å². The van der Waals surface area contributed by atoms with Gasteiger partial charge in [-0.1, -0.05) is 13.0 Å². The molecule has 3 heterocycles. The molecule has 26 heavy (non-hydrogen) atoms. The van der Waals surface area contributed by atoms with Gasteiger partial charge in [-0.2, -0.15) is 0 Å². The Morgan fingerprint density at radius 2 is 2.15 bits per heavy atom. The molecule has 0 radical (unpaired) electrons. The topological polar surface area (TPSA) is 52.8 Å². The molecule has 1 unspecified atom stereocenters. The van der Waals surface area contributed by atoms with Crippen molar-refractivity contribution in [3.05, 3.63) is 46.5 Å². The molecule has 2 aromatic rings. The highest BCUT2D eigenvalue weighted by molar-refractivity contribution is 7.10. The Bertz CT molecular complexity index is 645. The van der Waals surface area contributed by atoms with Crippen molar-refractivity contribution < 1.29 is 4.42 Å². The van der Waals surface area contributed by atoms with Crippen LogP contribution in [0.3, 0.4) is 0 Å². The Balaban J connectivity index is 1.52. The van der Waals surface area contributed by atoms with Crippen molar-refractivity contribution in [2.75, 3.05) is 33.2 Å². The highest BCUT2D eigenvalue weighted by atomic mass is 32.1. The van der Waals surface area contributed by atoms with Crippen LogP contribution >= 0.6 is 11.3 Å². The lowest BCUT2D eigenvalue weighted by molar-refractivity contribution is 0.140. The highest BCUT2D eigenvalue weighted by Gasteiger charge is 2.25. The second-order valence-corrected chi connectivity index (χ2v) is 7.94. The number of guanidine groups is 1. The summed E-state index contributed by atoms with van der Waals surface area (Å²) < 4.78 is 5.38. The van der Waals surface area contributed by atoms with Crippen molar-refractivity contribution in [3.8, 4) is 0 Å². The summed E-state index contributed by atoms with van der Waals surface area (Å²) in [5.74, 6) is 2.69. The highest BCUT2D eigenvalue weighted by Crippen LogP contribution is 2.28. The molecule has 0 amide bonds. The Morgan fingerprint density at radius 1 is 1.31 bits per heavy atom. The lowest BCUT2D eigenvalue weighted by Crippen LogP contribution is -2.45. The normalized spacial score (nSPS) is 18.0. The van der Waals surface area contributed by atoms with Gasteiger partial charge in [-0.25, -0.2) is 0 Å². The van der Waals surface area contributed by atoms with Gasteiger partial charge in [-0.3, -0.25) is 9.89 Å². The summed E-state index contributed by atoms with van der Waals surface area (Å²) in [6.45, 7) is 6.39. The molecule has 2 aromatic heterocycles. The minimum atomic E-state index is 0.408. The van der Waals surface area contributed by atoms with Crippen LogP contribution in [0.2, 0.25) is 0 Å². The summed E-state index contributed by atoms with van der Waals surface area (Å²) in [4.78, 5) is 8.41. The first kappa shape index (κ1) is 19.0. The summed E-state index contributed by atoms with van der Waals surface area (Å²) in [7, 11) is 1.82. The van der Waals surface area contributed by atoms with Crippen LogP contribution in [0.1, 0.15) is 36.4 Å². The predicted octanol–water partition coefficient (Wildman–Crippen LogP) is 3.52. The molecule has 5 nitrogen and oxygen atoms in total. The molecule has 0 aliphatic carbocycles. The van der Waals surface area contributed by atoms with Gasteiger partial charge in [0.15, 0.2) is 5.96 Å². The van der Waals surface area contributed by atoms with Crippen molar-refractivity contribution in [1.29, 1.82) is 0 Å². The largest absolute Gasteiger partial charge is 0.469 e. The smallest absolute Gasteiger partial charge is 0.191 e. The molecule has 1 fully saturated rings. The quantitative estimate of drug-likeness (QED) is 0.575. The average Bonchev–Trinajstić information content (AvgIpc) is 3.36. The number of furan rings is 1. The van der Waals surface area contributed by atoms with Crippen molar-refractivity contribution in [2.24, 2.45) is 10.9 Å². The van der Waals surface area contributed by atoms with E-state index in [-0.39, 0.29) is 0 Å². The van der Waals surface area contributed by atoms with Crippen LogP contribution < -0.4 is 10.6 Å². The fraction of sp³-hybridized carbons (Fsp3) is 0.550. The molecular weight excluding hydrogens is 344 g/mol. The zero-order chi connectivity index (χ0) is 18.2. The third-order valence-electron chi connectivity index (χ3n) is 5.06. The van der Waals surface area contributed by atoms with Gasteiger partial charge in [-0.15, -0.1) is 11.3 Å². The molecule has 1 aliphatic heterocycles. The molecule has 1 saturated heterocycles. The number of thiophene rings is 1. The number of likely N-dealkylation sites (tertiary alicyclic amines) is 1. The number of hydrogen-bond donors (Lipinski definition) is 2. The van der Waals surface area contributed by atoms with Gasteiger partial charge in [0.1, 0.15) is 5.76 Å². The maximum Gasteiger partial charge on any atom is 0.191 e. The van der Waals surface area contributed by atoms with E-state index in [4.69, 9.17) is 4.42 Å². The van der Waals surface area contributed by atoms with E-state index in [0.29, 0.717) is 6.04 Å². The Labute approximate surface area is 160 Å². The SMILES string of the molecule is CN=C(NCCc1ccco1)NCC(c1cccs1)N1CCC(C)CC1. The molecule has 0 aromatic carbocycles. The fourth-order valence-corrected chi connectivity index (χ4v) is 4.26. The minimum Gasteiger partial charge on any atom is -0.469 e. The minimum absolute atomic E-state index is 0.408. The molecule has 3 rings (SSSR count). The molecule has 142 valence electrons. The molecule has 6 heteroatoms. The van der Waals surface area contributed by atoms with Crippen LogP contribution in [-0.2, 0) is 6.42 Å². The van der Waals surface area contributed by atoms with E-state index < -0.39 is 0 Å². The third-order valence-corrected chi connectivity index (χ3v) is 6.03. The van der Waals surface area contributed by atoms with E-state index in [2.05, 4.69) is 45.0 Å². The van der Waals surface area contributed by atoms with E-state index in [1.54, 1.807) is 6.26 Å². The zero-order valence-corrected chi connectivity index (χ0v) is 16.6. The van der Waals surface area contributed by atoms with Gasteiger partial charge in [0.2, 0.25) is 0 Å². The molecule has 0 bridgehead atoms. The van der Waals surface area contributed by atoms with Crippen LogP contribution in [0.4, 0.5) is 0 Å². The maximum absolute atomic E-state index is 5.38. The number of piperidine rings is 1. The maximum atomic E-state index is 5.38. The van der Waals surface area contributed by atoms with Crippen LogP contribution in [0.25, 0.3) is 0 Å². The van der Waals surface area contributed by atoms with Crippen LogP contribution in [0, 0.1) is 5.92 Å². The standard InChI is InChI=1S/C20H30N4OS/c1-16-8-11-24(12-9-16)18(19-6-4-14-26-19)15-23-20(21-2)22-10-7-17-5-3-13-25-17/h3-6,13-14,16,18H,7-12,15H2,1-2H3,(H2,21,22,23).